The van der Waals surface area contributed by atoms with Crippen LogP contribution in [0.1, 0.15) is 121 Å². The monoisotopic (exact) mass is 1150 g/mol. The first-order valence-electron chi connectivity index (χ1n) is 28.7. The van der Waals surface area contributed by atoms with Gasteiger partial charge in [-0.1, -0.05) is 46.3 Å². The largest absolute Gasteiger partial charge is 0.463 e. The van der Waals surface area contributed by atoms with Gasteiger partial charge in [0.05, 0.1) is 43.2 Å². The topological polar surface area (TPSA) is 383 Å². The van der Waals surface area contributed by atoms with Crippen molar-refractivity contribution in [2.45, 2.75) is 267 Å². The van der Waals surface area contributed by atoms with Crippen molar-refractivity contribution in [3.63, 3.8) is 0 Å². The van der Waals surface area contributed by atoms with Gasteiger partial charge in [0, 0.05) is 6.92 Å². The Morgan fingerprint density at radius 1 is 0.637 bits per heavy atom. The summed E-state index contributed by atoms with van der Waals surface area (Å²) in [5.41, 5.74) is -3.03. The molecule has 24 heteroatoms. The van der Waals surface area contributed by atoms with E-state index in [0.29, 0.717) is 51.4 Å². The summed E-state index contributed by atoms with van der Waals surface area (Å²) in [6, 6.07) is 0. The van der Waals surface area contributed by atoms with Crippen LogP contribution in [-0.2, 0) is 47.4 Å². The first-order valence-corrected chi connectivity index (χ1v) is 28.7. The van der Waals surface area contributed by atoms with Crippen molar-refractivity contribution >= 4 is 5.97 Å². The number of aliphatic hydroxyl groups excluding tert-OH is 14. The van der Waals surface area contributed by atoms with Crippen LogP contribution in [-0.4, -0.2) is 244 Å². The lowest BCUT2D eigenvalue weighted by Gasteiger charge is -2.72. The minimum absolute atomic E-state index is 0.173. The van der Waals surface area contributed by atoms with Gasteiger partial charge in [-0.2, -0.15) is 0 Å². The van der Waals surface area contributed by atoms with Crippen LogP contribution < -0.4 is 0 Å². The molecule has 8 rings (SSSR count). The van der Waals surface area contributed by atoms with Crippen molar-refractivity contribution < 1.29 is 119 Å². The van der Waals surface area contributed by atoms with Crippen molar-refractivity contribution in [2.75, 3.05) is 19.8 Å². The van der Waals surface area contributed by atoms with Gasteiger partial charge in [-0.05, 0) is 124 Å². The molecule has 0 bridgehead atoms. The Kier molecular flexibility index (Phi) is 19.5. The first kappa shape index (κ1) is 64.3. The van der Waals surface area contributed by atoms with Gasteiger partial charge in [0.1, 0.15) is 98.2 Å². The quantitative estimate of drug-likeness (QED) is 0.0468. The van der Waals surface area contributed by atoms with Crippen molar-refractivity contribution in [1.82, 2.24) is 0 Å². The molecule has 14 N–H and O–H groups in total. The predicted octanol–water partition coefficient (Wildman–Crippen LogP) is -1.63. The van der Waals surface area contributed by atoms with Gasteiger partial charge < -0.3 is 114 Å². The summed E-state index contributed by atoms with van der Waals surface area (Å²) >= 11 is 0. The molecule has 24 nitrogen and oxygen atoms in total. The van der Waals surface area contributed by atoms with E-state index in [1.165, 1.54) is 13.8 Å². The molecule has 31 unspecified atom stereocenters. The van der Waals surface area contributed by atoms with E-state index >= 15 is 0 Å². The Morgan fingerprint density at radius 2 is 1.21 bits per heavy atom. The zero-order valence-electron chi connectivity index (χ0n) is 47.8. The van der Waals surface area contributed by atoms with Crippen LogP contribution in [0.2, 0.25) is 0 Å². The molecular formula is C56H94O24. The van der Waals surface area contributed by atoms with E-state index in [4.69, 9.17) is 42.6 Å². The summed E-state index contributed by atoms with van der Waals surface area (Å²) in [5, 5.41) is 156. The fourth-order valence-corrected chi connectivity index (χ4v) is 16.4. The molecule has 4 saturated carbocycles. The molecule has 80 heavy (non-hydrogen) atoms. The highest BCUT2D eigenvalue weighted by atomic mass is 16.8. The van der Waals surface area contributed by atoms with Crippen molar-refractivity contribution in [3.8, 4) is 0 Å². The van der Waals surface area contributed by atoms with Gasteiger partial charge in [0.2, 0.25) is 0 Å². The van der Waals surface area contributed by atoms with E-state index in [1.54, 1.807) is 0 Å². The fourth-order valence-electron chi connectivity index (χ4n) is 16.4. The maximum atomic E-state index is 13.0. The van der Waals surface area contributed by atoms with E-state index in [0.717, 1.165) is 5.57 Å². The Hall–Kier alpha value is -1.67. The fraction of sp³-hybridized carbons (Fsp3) is 0.946. The molecule has 0 amide bonds. The summed E-state index contributed by atoms with van der Waals surface area (Å²) in [6.07, 6.45) is -28.9. The number of hydrogen-bond donors (Lipinski definition) is 14. The maximum absolute atomic E-state index is 13.0. The van der Waals surface area contributed by atoms with Crippen molar-refractivity contribution in [2.24, 2.45) is 45.3 Å². The highest BCUT2D eigenvalue weighted by Gasteiger charge is 2.74. The Bertz CT molecular complexity index is 2130. The summed E-state index contributed by atoms with van der Waals surface area (Å²) in [7, 11) is 0. The number of fused-ring (bicyclic) bond motifs is 5. The number of carbonyl (C=O) groups is 1. The number of carbonyl (C=O) groups excluding carboxylic acids is 1. The molecule has 0 radical (unpaired) electrons. The average Bonchev–Trinajstić information content (AvgIpc) is 3.75. The number of aliphatic hydroxyl groups is 14. The third-order valence-electron chi connectivity index (χ3n) is 21.0. The molecule has 4 aliphatic heterocycles. The molecule has 0 aromatic carbocycles. The first-order chi connectivity index (χ1) is 37.3. The molecule has 0 aromatic heterocycles. The zero-order valence-corrected chi connectivity index (χ0v) is 47.8. The summed E-state index contributed by atoms with van der Waals surface area (Å²) in [6.45, 7) is 17.2. The normalized spacial score (nSPS) is 52.0. The summed E-state index contributed by atoms with van der Waals surface area (Å²) < 4.78 is 55.5. The lowest BCUT2D eigenvalue weighted by Crippen LogP contribution is -2.71. The molecule has 4 saturated heterocycles. The lowest BCUT2D eigenvalue weighted by molar-refractivity contribution is -0.382. The van der Waals surface area contributed by atoms with Crippen LogP contribution in [0.25, 0.3) is 0 Å². The average molecular weight is 1150 g/mol. The lowest BCUT2D eigenvalue weighted by atomic mass is 9.34. The second-order valence-electron chi connectivity index (χ2n) is 26.5. The van der Waals surface area contributed by atoms with Gasteiger partial charge in [0.15, 0.2) is 25.2 Å². The van der Waals surface area contributed by atoms with Gasteiger partial charge in [-0.25, -0.2) is 0 Å². The Labute approximate surface area is 467 Å². The highest BCUT2D eigenvalue weighted by Crippen LogP contribution is 2.76. The molecule has 4 heterocycles. The van der Waals surface area contributed by atoms with Crippen LogP contribution in [0.15, 0.2) is 11.6 Å². The smallest absolute Gasteiger partial charge is 0.302 e. The minimum atomic E-state index is -1.82. The summed E-state index contributed by atoms with van der Waals surface area (Å²) in [4.78, 5) is 12.1. The molecule has 462 valence electrons. The van der Waals surface area contributed by atoms with E-state index in [9.17, 15) is 76.3 Å². The van der Waals surface area contributed by atoms with E-state index in [2.05, 4.69) is 20.8 Å². The zero-order chi connectivity index (χ0) is 59.1. The number of ether oxygens (including phenoxy) is 9. The third kappa shape index (κ3) is 11.5. The Balaban J connectivity index is 1.13. The molecule has 8 aliphatic rings. The Morgan fingerprint density at radius 3 is 1.85 bits per heavy atom. The highest BCUT2D eigenvalue weighted by molar-refractivity contribution is 5.65. The predicted molar refractivity (Wildman–Crippen MR) is 276 cm³/mol. The maximum Gasteiger partial charge on any atom is 0.302 e. The van der Waals surface area contributed by atoms with Gasteiger partial charge >= 0.3 is 5.97 Å². The van der Waals surface area contributed by atoms with Crippen LogP contribution in [0.3, 0.4) is 0 Å². The number of hydrogen-bond acceptors (Lipinski definition) is 24. The molecule has 0 spiro atoms. The second-order valence-corrected chi connectivity index (χ2v) is 26.5. The number of allylic oxidation sites excluding steroid dienone is 2. The summed E-state index contributed by atoms with van der Waals surface area (Å²) in [5.74, 6) is -2.21. The molecule has 8 fully saturated rings. The molecule has 0 aromatic rings. The van der Waals surface area contributed by atoms with Crippen LogP contribution in [0, 0.1) is 45.3 Å². The van der Waals surface area contributed by atoms with Crippen molar-refractivity contribution in [1.29, 1.82) is 0 Å². The molecule has 4 aliphatic carbocycles. The SMILES string of the molecule is CC(=O)OCC1OC(OC2CC3(C)C(CC(O)C4C(C(C)(CCC=C(C)C)OC5OC(COC6OC(CO)C(O)C(O)C6O)C(O)C(O)C5O)CCC43C)C3(C)CCC(O)C(C)(C)C23)C(OC2OC(C)C(O)C(O)C2O)C(O)C1O. The van der Waals surface area contributed by atoms with Gasteiger partial charge in [-0.3, -0.25) is 4.79 Å². The number of esters is 1. The van der Waals surface area contributed by atoms with E-state index < -0.39 is 212 Å². The minimum Gasteiger partial charge on any atom is -0.463 e. The van der Waals surface area contributed by atoms with Crippen LogP contribution in [0.4, 0.5) is 0 Å². The van der Waals surface area contributed by atoms with Gasteiger partial charge in [0.25, 0.3) is 0 Å². The second kappa shape index (κ2) is 24.2. The van der Waals surface area contributed by atoms with Crippen molar-refractivity contribution in [3.05, 3.63) is 11.6 Å². The van der Waals surface area contributed by atoms with E-state index in [-0.39, 0.29) is 5.92 Å². The van der Waals surface area contributed by atoms with Crippen LogP contribution in [0.5, 0.6) is 0 Å². The van der Waals surface area contributed by atoms with Gasteiger partial charge in [-0.15, -0.1) is 0 Å². The van der Waals surface area contributed by atoms with Crippen LogP contribution >= 0.6 is 0 Å². The standard InChI is InChI=1S/C56H94O24/c1-23(2)12-11-15-56(10,80-50-45(71)41(67)37(63)31(77-50)22-73-48-43(69)40(66)36(62)29(20-57)76-48)26-13-17-54(8)34(26)27(59)18-32-53(7)16-14-33(60)52(5,6)47(53)28(19-55(32,54)9)75-51-46(42(68)38(64)30(78-51)21-72-25(4)58)79-49-44(70)39(65)35(61)24(3)74-49/h12,24,26-51,57,59-71H,11,13-22H2,1-10H3. The third-order valence-corrected chi connectivity index (χ3v) is 21.0. The molecular weight excluding hydrogens is 1060 g/mol. The number of rotatable bonds is 16. The molecule has 31 atom stereocenters. The van der Waals surface area contributed by atoms with E-state index in [1.807, 2.05) is 40.7 Å².